The molecule has 0 radical (unpaired) electrons. The van der Waals surface area contributed by atoms with Crippen molar-refractivity contribution in [3.8, 4) is 6.07 Å². The second kappa shape index (κ2) is 7.20. The van der Waals surface area contributed by atoms with Gasteiger partial charge < -0.3 is 15.5 Å². The summed E-state index contributed by atoms with van der Waals surface area (Å²) in [6, 6.07) is 1.88. The Kier molecular flexibility index (Phi) is 5.83. The molecule has 5 nitrogen and oxygen atoms in total. The molecule has 1 rings (SSSR count). The van der Waals surface area contributed by atoms with Crippen LogP contribution < -0.4 is 10.6 Å². The van der Waals surface area contributed by atoms with Gasteiger partial charge in [0.2, 0.25) is 5.91 Å². The Morgan fingerprint density at radius 1 is 1.50 bits per heavy atom. The fraction of sp³-hybridized carbons (Fsp3) is 0.818. The first-order valence-corrected chi connectivity index (χ1v) is 5.75. The molecule has 1 aliphatic heterocycles. The highest BCUT2D eigenvalue weighted by Crippen LogP contribution is 2.14. The molecule has 0 aromatic heterocycles. The van der Waals surface area contributed by atoms with Crippen LogP contribution in [0, 0.1) is 17.2 Å². The summed E-state index contributed by atoms with van der Waals surface area (Å²) >= 11 is 0. The van der Waals surface area contributed by atoms with Gasteiger partial charge in [-0.2, -0.15) is 5.26 Å². The average molecular weight is 224 g/mol. The maximum absolute atomic E-state index is 11.2. The first-order valence-electron chi connectivity index (χ1n) is 5.75. The van der Waals surface area contributed by atoms with E-state index in [4.69, 9.17) is 5.26 Å². The summed E-state index contributed by atoms with van der Waals surface area (Å²) in [7, 11) is 2.14. The molecule has 0 atom stereocenters. The van der Waals surface area contributed by atoms with E-state index in [1.807, 2.05) is 6.07 Å². The van der Waals surface area contributed by atoms with Gasteiger partial charge in [-0.1, -0.05) is 0 Å². The number of likely N-dealkylation sites (tertiary alicyclic amines) is 1. The molecule has 90 valence electrons. The summed E-state index contributed by atoms with van der Waals surface area (Å²) in [5.74, 6) is 0.578. The van der Waals surface area contributed by atoms with Gasteiger partial charge in [0, 0.05) is 0 Å². The number of rotatable bonds is 5. The molecule has 1 aliphatic rings. The third kappa shape index (κ3) is 5.10. The number of carbonyl (C=O) groups excluding carboxylic acids is 1. The number of amides is 1. The van der Waals surface area contributed by atoms with Crippen LogP contribution >= 0.6 is 0 Å². The van der Waals surface area contributed by atoms with Crippen molar-refractivity contribution in [1.82, 2.24) is 15.5 Å². The fourth-order valence-electron chi connectivity index (χ4n) is 1.86. The number of hydrogen-bond donors (Lipinski definition) is 2. The number of carbonyl (C=O) groups is 1. The van der Waals surface area contributed by atoms with Gasteiger partial charge in [0.15, 0.2) is 0 Å². The van der Waals surface area contributed by atoms with E-state index in [0.717, 1.165) is 19.6 Å². The number of nitrogens with zero attached hydrogens (tertiary/aromatic N) is 2. The molecule has 16 heavy (non-hydrogen) atoms. The number of nitrogens with one attached hydrogen (secondary N) is 2. The monoisotopic (exact) mass is 224 g/mol. The molecule has 1 fully saturated rings. The Morgan fingerprint density at radius 2 is 2.19 bits per heavy atom. The third-order valence-electron chi connectivity index (χ3n) is 2.92. The van der Waals surface area contributed by atoms with Gasteiger partial charge in [0.1, 0.15) is 6.54 Å². The predicted molar refractivity (Wildman–Crippen MR) is 61.7 cm³/mol. The summed E-state index contributed by atoms with van der Waals surface area (Å²) in [6.45, 7) is 3.59. The van der Waals surface area contributed by atoms with Crippen LogP contribution in [0.15, 0.2) is 0 Å². The molecule has 0 saturated carbocycles. The zero-order valence-electron chi connectivity index (χ0n) is 9.83. The summed E-state index contributed by atoms with van der Waals surface area (Å²) in [6.07, 6.45) is 2.40. The van der Waals surface area contributed by atoms with Crippen LogP contribution in [0.3, 0.4) is 0 Å². The molecule has 1 amide bonds. The molecule has 2 N–H and O–H groups in total. The van der Waals surface area contributed by atoms with Crippen molar-refractivity contribution in [2.75, 3.05) is 39.8 Å². The summed E-state index contributed by atoms with van der Waals surface area (Å²) in [5, 5.41) is 13.9. The van der Waals surface area contributed by atoms with Crippen molar-refractivity contribution in [2.24, 2.45) is 5.92 Å². The summed E-state index contributed by atoms with van der Waals surface area (Å²) < 4.78 is 0. The lowest BCUT2D eigenvalue weighted by molar-refractivity contribution is -0.120. The van der Waals surface area contributed by atoms with Gasteiger partial charge in [-0.05, 0) is 45.4 Å². The fourth-order valence-corrected chi connectivity index (χ4v) is 1.86. The van der Waals surface area contributed by atoms with E-state index in [9.17, 15) is 4.79 Å². The summed E-state index contributed by atoms with van der Waals surface area (Å²) in [4.78, 5) is 13.5. The molecule has 0 unspecified atom stereocenters. The molecule has 0 aromatic rings. The zero-order chi connectivity index (χ0) is 11.8. The largest absolute Gasteiger partial charge is 0.342 e. The third-order valence-corrected chi connectivity index (χ3v) is 2.92. The molecule has 0 spiro atoms. The van der Waals surface area contributed by atoms with Crippen LogP contribution in [0.25, 0.3) is 0 Å². The zero-order valence-corrected chi connectivity index (χ0v) is 9.83. The van der Waals surface area contributed by atoms with Crippen molar-refractivity contribution in [1.29, 1.82) is 5.26 Å². The smallest absolute Gasteiger partial charge is 0.234 e. The van der Waals surface area contributed by atoms with Gasteiger partial charge in [-0.15, -0.1) is 0 Å². The summed E-state index contributed by atoms with van der Waals surface area (Å²) in [5.41, 5.74) is 0. The topological polar surface area (TPSA) is 68.2 Å². The Morgan fingerprint density at radius 3 is 2.81 bits per heavy atom. The Labute approximate surface area is 96.8 Å². The molecular weight excluding hydrogens is 204 g/mol. The lowest BCUT2D eigenvalue weighted by Crippen LogP contribution is -2.39. The first kappa shape index (κ1) is 12.9. The average Bonchev–Trinajstić information content (AvgIpc) is 2.29. The van der Waals surface area contributed by atoms with Gasteiger partial charge >= 0.3 is 0 Å². The maximum atomic E-state index is 11.2. The standard InChI is InChI=1S/C11H20N4O/c1-15-6-2-10(3-7-15)8-13-9-11(16)14-5-4-12/h10,13H,2-3,5-9H2,1H3,(H,14,16). The normalized spacial score (nSPS) is 18.0. The van der Waals surface area contributed by atoms with Crippen LogP contribution in [0.2, 0.25) is 0 Å². The van der Waals surface area contributed by atoms with Crippen molar-refractivity contribution >= 4 is 5.91 Å². The minimum Gasteiger partial charge on any atom is -0.342 e. The van der Waals surface area contributed by atoms with Crippen LogP contribution in [0.5, 0.6) is 0 Å². The first-order chi connectivity index (χ1) is 7.72. The second-order valence-electron chi connectivity index (χ2n) is 4.31. The van der Waals surface area contributed by atoms with Crippen LogP contribution in [-0.2, 0) is 4.79 Å². The molecule has 1 heterocycles. The van der Waals surface area contributed by atoms with Gasteiger partial charge in [-0.3, -0.25) is 4.79 Å². The quantitative estimate of drug-likeness (QED) is 0.621. The van der Waals surface area contributed by atoms with E-state index in [1.165, 1.54) is 12.8 Å². The van der Waals surface area contributed by atoms with Crippen molar-refractivity contribution in [2.45, 2.75) is 12.8 Å². The van der Waals surface area contributed by atoms with E-state index in [-0.39, 0.29) is 12.5 Å². The molecule has 0 aliphatic carbocycles. The lowest BCUT2D eigenvalue weighted by Gasteiger charge is -2.28. The van der Waals surface area contributed by atoms with Crippen molar-refractivity contribution in [3.05, 3.63) is 0 Å². The van der Waals surface area contributed by atoms with Crippen molar-refractivity contribution in [3.63, 3.8) is 0 Å². The van der Waals surface area contributed by atoms with E-state index >= 15 is 0 Å². The molecule has 5 heteroatoms. The van der Waals surface area contributed by atoms with E-state index < -0.39 is 0 Å². The van der Waals surface area contributed by atoms with Crippen LogP contribution in [0.1, 0.15) is 12.8 Å². The van der Waals surface area contributed by atoms with Gasteiger partial charge in [-0.25, -0.2) is 0 Å². The van der Waals surface area contributed by atoms with E-state index in [1.54, 1.807) is 0 Å². The Balaban J connectivity index is 2.03. The second-order valence-corrected chi connectivity index (χ2v) is 4.31. The van der Waals surface area contributed by atoms with Crippen LogP contribution in [-0.4, -0.2) is 50.6 Å². The Hall–Kier alpha value is -1.12. The predicted octanol–water partition coefficient (Wildman–Crippen LogP) is -0.442. The van der Waals surface area contributed by atoms with E-state index in [2.05, 4.69) is 22.6 Å². The van der Waals surface area contributed by atoms with E-state index in [0.29, 0.717) is 12.5 Å². The van der Waals surface area contributed by atoms with Gasteiger partial charge in [0.05, 0.1) is 12.6 Å². The van der Waals surface area contributed by atoms with Crippen LogP contribution in [0.4, 0.5) is 0 Å². The molecule has 0 aromatic carbocycles. The Bertz CT molecular complexity index is 253. The highest BCUT2D eigenvalue weighted by atomic mass is 16.1. The van der Waals surface area contributed by atoms with Crippen molar-refractivity contribution < 1.29 is 4.79 Å². The van der Waals surface area contributed by atoms with Gasteiger partial charge in [0.25, 0.3) is 0 Å². The molecule has 0 bridgehead atoms. The number of hydrogen-bond acceptors (Lipinski definition) is 4. The lowest BCUT2D eigenvalue weighted by atomic mass is 9.97. The number of piperidine rings is 1. The highest BCUT2D eigenvalue weighted by molar-refractivity contribution is 5.78. The SMILES string of the molecule is CN1CCC(CNCC(=O)NCC#N)CC1. The maximum Gasteiger partial charge on any atom is 0.234 e. The number of nitriles is 1. The molecule has 1 saturated heterocycles. The minimum atomic E-state index is -0.102. The minimum absolute atomic E-state index is 0.0920. The molecular formula is C11H20N4O. The highest BCUT2D eigenvalue weighted by Gasteiger charge is 2.16.